The van der Waals surface area contributed by atoms with Crippen LogP contribution in [-0.4, -0.2) is 25.9 Å². The van der Waals surface area contributed by atoms with E-state index in [0.29, 0.717) is 18.6 Å². The van der Waals surface area contributed by atoms with Gasteiger partial charge < -0.3 is 15.2 Å². The average Bonchev–Trinajstić information content (AvgIpc) is 2.46. The standard InChI is InChI=1S/C16H25NO2/c1-12(2)13-3-5-14(6-4-13)16(17)11-19-15-7-9-18-10-8-15/h3-6,12,15-16H,7-11,17H2,1-2H3. The number of nitrogens with two attached hydrogens (primary N) is 1. The smallest absolute Gasteiger partial charge is 0.0663 e. The van der Waals surface area contributed by atoms with Gasteiger partial charge in [0.25, 0.3) is 0 Å². The lowest BCUT2D eigenvalue weighted by molar-refractivity contribution is -0.0358. The molecule has 1 saturated heterocycles. The predicted molar refractivity (Wildman–Crippen MR) is 77.3 cm³/mol. The molecule has 1 aliphatic heterocycles. The van der Waals surface area contributed by atoms with Crippen molar-refractivity contribution in [2.45, 2.75) is 44.8 Å². The lowest BCUT2D eigenvalue weighted by atomic mass is 9.99. The Balaban J connectivity index is 1.83. The van der Waals surface area contributed by atoms with E-state index in [1.165, 1.54) is 5.56 Å². The fourth-order valence-corrected chi connectivity index (χ4v) is 2.31. The summed E-state index contributed by atoms with van der Waals surface area (Å²) in [4.78, 5) is 0. The second-order valence-electron chi connectivity index (χ2n) is 5.57. The zero-order chi connectivity index (χ0) is 13.7. The molecule has 0 aliphatic carbocycles. The second kappa shape index (κ2) is 7.04. The van der Waals surface area contributed by atoms with Crippen molar-refractivity contribution in [3.8, 4) is 0 Å². The summed E-state index contributed by atoms with van der Waals surface area (Å²) < 4.78 is 11.2. The van der Waals surface area contributed by atoms with Gasteiger partial charge in [0.2, 0.25) is 0 Å². The van der Waals surface area contributed by atoms with Gasteiger partial charge in [-0.1, -0.05) is 38.1 Å². The van der Waals surface area contributed by atoms with Crippen molar-refractivity contribution < 1.29 is 9.47 Å². The molecule has 3 nitrogen and oxygen atoms in total. The van der Waals surface area contributed by atoms with Crippen LogP contribution in [0.3, 0.4) is 0 Å². The Kier molecular flexibility index (Phi) is 5.37. The fourth-order valence-electron chi connectivity index (χ4n) is 2.31. The van der Waals surface area contributed by atoms with Gasteiger partial charge >= 0.3 is 0 Å². The molecule has 0 saturated carbocycles. The van der Waals surface area contributed by atoms with Crippen LogP contribution in [0.15, 0.2) is 24.3 Å². The molecule has 2 N–H and O–H groups in total. The Hall–Kier alpha value is -0.900. The highest BCUT2D eigenvalue weighted by atomic mass is 16.5. The van der Waals surface area contributed by atoms with E-state index < -0.39 is 0 Å². The lowest BCUT2D eigenvalue weighted by Crippen LogP contribution is -2.27. The molecular formula is C16H25NO2. The van der Waals surface area contributed by atoms with Crippen molar-refractivity contribution in [1.29, 1.82) is 0 Å². The fraction of sp³-hybridized carbons (Fsp3) is 0.625. The van der Waals surface area contributed by atoms with Crippen LogP contribution in [0, 0.1) is 0 Å². The van der Waals surface area contributed by atoms with Gasteiger partial charge in [0.15, 0.2) is 0 Å². The van der Waals surface area contributed by atoms with Crippen molar-refractivity contribution in [2.75, 3.05) is 19.8 Å². The molecule has 0 amide bonds. The summed E-state index contributed by atoms with van der Waals surface area (Å²) in [5, 5.41) is 0. The average molecular weight is 263 g/mol. The van der Waals surface area contributed by atoms with E-state index >= 15 is 0 Å². The molecule has 0 bridgehead atoms. The molecule has 0 spiro atoms. The minimum Gasteiger partial charge on any atom is -0.381 e. The normalized spacial score (nSPS) is 18.7. The van der Waals surface area contributed by atoms with Crippen LogP contribution in [0.5, 0.6) is 0 Å². The van der Waals surface area contributed by atoms with Crippen molar-refractivity contribution >= 4 is 0 Å². The van der Waals surface area contributed by atoms with Gasteiger partial charge in [-0.15, -0.1) is 0 Å². The lowest BCUT2D eigenvalue weighted by Gasteiger charge is -2.24. The summed E-state index contributed by atoms with van der Waals surface area (Å²) in [6.07, 6.45) is 2.28. The third-order valence-corrected chi connectivity index (χ3v) is 3.71. The Morgan fingerprint density at radius 3 is 2.32 bits per heavy atom. The van der Waals surface area contributed by atoms with Crippen molar-refractivity contribution in [3.63, 3.8) is 0 Å². The molecule has 1 aromatic carbocycles. The molecule has 1 fully saturated rings. The highest BCUT2D eigenvalue weighted by Gasteiger charge is 2.16. The summed E-state index contributed by atoms with van der Waals surface area (Å²) in [5.74, 6) is 0.559. The Bertz CT molecular complexity index is 369. The molecule has 2 rings (SSSR count). The van der Waals surface area contributed by atoms with Gasteiger partial charge in [-0.2, -0.15) is 0 Å². The van der Waals surface area contributed by atoms with E-state index in [1.807, 2.05) is 0 Å². The van der Waals surface area contributed by atoms with Crippen LogP contribution < -0.4 is 5.73 Å². The maximum Gasteiger partial charge on any atom is 0.0663 e. The first-order chi connectivity index (χ1) is 9.16. The number of hydrogen-bond donors (Lipinski definition) is 1. The highest BCUT2D eigenvalue weighted by molar-refractivity contribution is 5.26. The summed E-state index contributed by atoms with van der Waals surface area (Å²) in [7, 11) is 0. The van der Waals surface area contributed by atoms with E-state index in [0.717, 1.165) is 31.6 Å². The monoisotopic (exact) mass is 263 g/mol. The first-order valence-electron chi connectivity index (χ1n) is 7.21. The summed E-state index contributed by atoms with van der Waals surface area (Å²) >= 11 is 0. The zero-order valence-electron chi connectivity index (χ0n) is 12.0. The minimum absolute atomic E-state index is 0.0379. The van der Waals surface area contributed by atoms with Gasteiger partial charge in [0.05, 0.1) is 18.8 Å². The minimum atomic E-state index is -0.0379. The third-order valence-electron chi connectivity index (χ3n) is 3.71. The Morgan fingerprint density at radius 2 is 1.74 bits per heavy atom. The van der Waals surface area contributed by atoms with Gasteiger partial charge in [-0.3, -0.25) is 0 Å². The third kappa shape index (κ3) is 4.30. The van der Waals surface area contributed by atoms with Gasteiger partial charge in [-0.05, 0) is 29.9 Å². The molecular weight excluding hydrogens is 238 g/mol. The molecule has 106 valence electrons. The summed E-state index contributed by atoms with van der Waals surface area (Å²) in [6, 6.07) is 8.52. The van der Waals surface area contributed by atoms with E-state index in [1.54, 1.807) is 0 Å². The summed E-state index contributed by atoms with van der Waals surface area (Å²) in [5.41, 5.74) is 8.68. The SMILES string of the molecule is CC(C)c1ccc(C(N)COC2CCOCC2)cc1. The first kappa shape index (κ1) is 14.5. The van der Waals surface area contributed by atoms with Crippen LogP contribution >= 0.6 is 0 Å². The Labute approximate surface area is 116 Å². The molecule has 1 aliphatic rings. The van der Waals surface area contributed by atoms with Crippen LogP contribution in [0.4, 0.5) is 0 Å². The summed E-state index contributed by atoms with van der Waals surface area (Å²) in [6.45, 7) is 6.60. The molecule has 3 heteroatoms. The van der Waals surface area contributed by atoms with Crippen molar-refractivity contribution in [1.82, 2.24) is 0 Å². The zero-order valence-corrected chi connectivity index (χ0v) is 12.0. The van der Waals surface area contributed by atoms with Crippen molar-refractivity contribution in [2.24, 2.45) is 5.73 Å². The van der Waals surface area contributed by atoms with E-state index in [9.17, 15) is 0 Å². The van der Waals surface area contributed by atoms with Gasteiger partial charge in [0.1, 0.15) is 0 Å². The topological polar surface area (TPSA) is 44.5 Å². The number of benzene rings is 1. The van der Waals surface area contributed by atoms with Crippen LogP contribution in [0.2, 0.25) is 0 Å². The largest absolute Gasteiger partial charge is 0.381 e. The second-order valence-corrected chi connectivity index (χ2v) is 5.57. The molecule has 0 radical (unpaired) electrons. The van der Waals surface area contributed by atoms with E-state index in [-0.39, 0.29) is 6.04 Å². The number of ether oxygens (including phenoxy) is 2. The van der Waals surface area contributed by atoms with E-state index in [2.05, 4.69) is 38.1 Å². The molecule has 1 heterocycles. The molecule has 1 atom stereocenters. The first-order valence-corrected chi connectivity index (χ1v) is 7.21. The quantitative estimate of drug-likeness (QED) is 0.888. The van der Waals surface area contributed by atoms with Crippen LogP contribution in [-0.2, 0) is 9.47 Å². The van der Waals surface area contributed by atoms with Gasteiger partial charge in [0, 0.05) is 13.2 Å². The van der Waals surface area contributed by atoms with Gasteiger partial charge in [-0.25, -0.2) is 0 Å². The molecule has 0 aromatic heterocycles. The van der Waals surface area contributed by atoms with Crippen LogP contribution in [0.25, 0.3) is 0 Å². The maximum atomic E-state index is 6.18. The number of hydrogen-bond acceptors (Lipinski definition) is 3. The molecule has 1 unspecified atom stereocenters. The maximum absolute atomic E-state index is 6.18. The van der Waals surface area contributed by atoms with Crippen molar-refractivity contribution in [3.05, 3.63) is 35.4 Å². The van der Waals surface area contributed by atoms with E-state index in [4.69, 9.17) is 15.2 Å². The molecule has 1 aromatic rings. The predicted octanol–water partition coefficient (Wildman–Crippen LogP) is 3.01. The Morgan fingerprint density at radius 1 is 1.16 bits per heavy atom. The van der Waals surface area contributed by atoms with Crippen LogP contribution in [0.1, 0.15) is 49.8 Å². The highest BCUT2D eigenvalue weighted by Crippen LogP contribution is 2.19. The number of rotatable bonds is 5. The molecule has 19 heavy (non-hydrogen) atoms.